The minimum atomic E-state index is -0.496. The SMILES string of the molecule is CC(C)C[C@@H](NC(=O)CCOc1ccccc1)C(=O)N1CCc2ccccc2C1. The zero-order valence-electron chi connectivity index (χ0n) is 17.3. The number of rotatable bonds is 8. The first kappa shape index (κ1) is 20.9. The molecule has 1 N–H and O–H groups in total. The van der Waals surface area contributed by atoms with Crippen molar-refractivity contribution in [3.05, 3.63) is 65.7 Å². The van der Waals surface area contributed by atoms with Crippen molar-refractivity contribution in [3.8, 4) is 5.75 Å². The van der Waals surface area contributed by atoms with Gasteiger partial charge in [0.15, 0.2) is 0 Å². The number of fused-ring (bicyclic) bond motifs is 1. The predicted octanol–water partition coefficient (Wildman–Crippen LogP) is 3.57. The largest absolute Gasteiger partial charge is 0.493 e. The molecular weight excluding hydrogens is 364 g/mol. The Balaban J connectivity index is 1.55. The highest BCUT2D eigenvalue weighted by atomic mass is 16.5. The lowest BCUT2D eigenvalue weighted by Crippen LogP contribution is -2.50. The fraction of sp³-hybridized carbons (Fsp3) is 0.417. The molecule has 154 valence electrons. The van der Waals surface area contributed by atoms with Gasteiger partial charge in [-0.2, -0.15) is 0 Å². The van der Waals surface area contributed by atoms with Crippen LogP contribution in [0.1, 0.15) is 37.8 Å². The van der Waals surface area contributed by atoms with Crippen molar-refractivity contribution in [1.29, 1.82) is 0 Å². The molecule has 2 aromatic carbocycles. The van der Waals surface area contributed by atoms with E-state index >= 15 is 0 Å². The average molecular weight is 395 g/mol. The van der Waals surface area contributed by atoms with Gasteiger partial charge in [0.25, 0.3) is 0 Å². The Morgan fingerprint density at radius 2 is 1.72 bits per heavy atom. The molecule has 1 aliphatic rings. The van der Waals surface area contributed by atoms with Crippen LogP contribution >= 0.6 is 0 Å². The molecule has 0 radical (unpaired) electrons. The van der Waals surface area contributed by atoms with Crippen molar-refractivity contribution < 1.29 is 14.3 Å². The van der Waals surface area contributed by atoms with Crippen molar-refractivity contribution in [2.24, 2.45) is 5.92 Å². The number of hydrogen-bond donors (Lipinski definition) is 1. The van der Waals surface area contributed by atoms with E-state index < -0.39 is 6.04 Å². The van der Waals surface area contributed by atoms with Crippen molar-refractivity contribution in [3.63, 3.8) is 0 Å². The number of hydrogen-bond acceptors (Lipinski definition) is 3. The highest BCUT2D eigenvalue weighted by molar-refractivity contribution is 5.87. The topological polar surface area (TPSA) is 58.6 Å². The molecule has 0 saturated heterocycles. The molecular formula is C24H30N2O3. The first-order valence-corrected chi connectivity index (χ1v) is 10.4. The second-order valence-electron chi connectivity index (χ2n) is 7.94. The Morgan fingerprint density at radius 3 is 2.45 bits per heavy atom. The molecule has 0 saturated carbocycles. The zero-order chi connectivity index (χ0) is 20.6. The zero-order valence-corrected chi connectivity index (χ0v) is 17.3. The summed E-state index contributed by atoms with van der Waals surface area (Å²) >= 11 is 0. The van der Waals surface area contributed by atoms with Crippen molar-refractivity contribution >= 4 is 11.8 Å². The molecule has 1 heterocycles. The minimum Gasteiger partial charge on any atom is -0.493 e. The highest BCUT2D eigenvalue weighted by Crippen LogP contribution is 2.20. The van der Waals surface area contributed by atoms with Gasteiger partial charge in [-0.25, -0.2) is 0 Å². The van der Waals surface area contributed by atoms with Crippen LogP contribution in [0.5, 0.6) is 5.75 Å². The lowest BCUT2D eigenvalue weighted by atomic mass is 9.97. The summed E-state index contributed by atoms with van der Waals surface area (Å²) < 4.78 is 5.60. The normalized spacial score (nSPS) is 14.2. The van der Waals surface area contributed by atoms with E-state index in [-0.39, 0.29) is 24.8 Å². The highest BCUT2D eigenvalue weighted by Gasteiger charge is 2.28. The summed E-state index contributed by atoms with van der Waals surface area (Å²) in [6.07, 6.45) is 1.71. The van der Waals surface area contributed by atoms with Crippen LogP contribution in [0, 0.1) is 5.92 Å². The van der Waals surface area contributed by atoms with Gasteiger partial charge in [0.1, 0.15) is 11.8 Å². The molecule has 29 heavy (non-hydrogen) atoms. The van der Waals surface area contributed by atoms with Gasteiger partial charge in [0.05, 0.1) is 13.0 Å². The first-order valence-electron chi connectivity index (χ1n) is 10.4. The molecule has 0 aromatic heterocycles. The Hall–Kier alpha value is -2.82. The number of carbonyl (C=O) groups is 2. The molecule has 2 amide bonds. The smallest absolute Gasteiger partial charge is 0.245 e. The average Bonchev–Trinajstić information content (AvgIpc) is 2.73. The Morgan fingerprint density at radius 1 is 1.03 bits per heavy atom. The number of ether oxygens (including phenoxy) is 1. The van der Waals surface area contributed by atoms with Crippen LogP contribution in [0.2, 0.25) is 0 Å². The fourth-order valence-electron chi connectivity index (χ4n) is 3.64. The molecule has 2 aromatic rings. The van der Waals surface area contributed by atoms with Gasteiger partial charge in [-0.3, -0.25) is 9.59 Å². The molecule has 0 aliphatic carbocycles. The molecule has 0 bridgehead atoms. The predicted molar refractivity (Wildman–Crippen MR) is 114 cm³/mol. The van der Waals surface area contributed by atoms with E-state index in [4.69, 9.17) is 4.74 Å². The Bertz CT molecular complexity index is 820. The molecule has 1 atom stereocenters. The molecule has 3 rings (SSSR count). The van der Waals surface area contributed by atoms with Gasteiger partial charge in [-0.05, 0) is 42.0 Å². The van der Waals surface area contributed by atoms with Gasteiger partial charge in [0, 0.05) is 13.1 Å². The van der Waals surface area contributed by atoms with Crippen LogP contribution in [0.15, 0.2) is 54.6 Å². The van der Waals surface area contributed by atoms with Crippen LogP contribution in [-0.2, 0) is 22.6 Å². The van der Waals surface area contributed by atoms with Crippen LogP contribution in [-0.4, -0.2) is 35.9 Å². The Kier molecular flexibility index (Phi) is 7.28. The van der Waals surface area contributed by atoms with Crippen molar-refractivity contribution in [2.75, 3.05) is 13.2 Å². The van der Waals surface area contributed by atoms with E-state index in [0.717, 1.165) is 12.2 Å². The van der Waals surface area contributed by atoms with Crippen molar-refractivity contribution in [1.82, 2.24) is 10.2 Å². The van der Waals surface area contributed by atoms with E-state index in [9.17, 15) is 9.59 Å². The second-order valence-corrected chi connectivity index (χ2v) is 7.94. The number of carbonyl (C=O) groups excluding carboxylic acids is 2. The Labute approximate surface area is 173 Å². The van der Waals surface area contributed by atoms with Gasteiger partial charge in [-0.1, -0.05) is 56.3 Å². The molecule has 1 aliphatic heterocycles. The fourth-order valence-corrected chi connectivity index (χ4v) is 3.64. The lowest BCUT2D eigenvalue weighted by Gasteiger charge is -2.32. The molecule has 5 heteroatoms. The number of amides is 2. The van der Waals surface area contributed by atoms with E-state index in [2.05, 4.69) is 31.3 Å². The van der Waals surface area contributed by atoms with Crippen LogP contribution < -0.4 is 10.1 Å². The number of nitrogens with one attached hydrogen (secondary N) is 1. The summed E-state index contributed by atoms with van der Waals surface area (Å²) in [6.45, 7) is 5.72. The number of para-hydroxylation sites is 1. The first-order chi connectivity index (χ1) is 14.0. The van der Waals surface area contributed by atoms with Crippen molar-refractivity contribution in [2.45, 2.75) is 45.7 Å². The van der Waals surface area contributed by atoms with E-state index in [1.807, 2.05) is 47.4 Å². The van der Waals surface area contributed by atoms with Crippen LogP contribution in [0.4, 0.5) is 0 Å². The van der Waals surface area contributed by atoms with Crippen LogP contribution in [0.3, 0.4) is 0 Å². The van der Waals surface area contributed by atoms with Gasteiger partial charge >= 0.3 is 0 Å². The molecule has 0 unspecified atom stereocenters. The maximum Gasteiger partial charge on any atom is 0.245 e. The summed E-state index contributed by atoms with van der Waals surface area (Å²) in [7, 11) is 0. The molecule has 0 fully saturated rings. The van der Waals surface area contributed by atoms with Gasteiger partial charge in [-0.15, -0.1) is 0 Å². The van der Waals surface area contributed by atoms with Crippen LogP contribution in [0.25, 0.3) is 0 Å². The summed E-state index contributed by atoms with van der Waals surface area (Å²) in [4.78, 5) is 27.5. The summed E-state index contributed by atoms with van der Waals surface area (Å²) in [5.41, 5.74) is 2.50. The van der Waals surface area contributed by atoms with E-state index in [1.54, 1.807) is 0 Å². The van der Waals surface area contributed by atoms with E-state index in [0.29, 0.717) is 25.4 Å². The third kappa shape index (κ3) is 6.08. The third-order valence-electron chi connectivity index (χ3n) is 5.12. The number of benzene rings is 2. The van der Waals surface area contributed by atoms with E-state index in [1.165, 1.54) is 11.1 Å². The summed E-state index contributed by atoms with van der Waals surface area (Å²) in [6, 6.07) is 17.2. The quantitative estimate of drug-likeness (QED) is 0.745. The number of nitrogens with zero attached hydrogens (tertiary/aromatic N) is 1. The minimum absolute atomic E-state index is 0.00512. The summed E-state index contributed by atoms with van der Waals surface area (Å²) in [5.74, 6) is 0.895. The monoisotopic (exact) mass is 394 g/mol. The maximum absolute atomic E-state index is 13.2. The van der Waals surface area contributed by atoms with Gasteiger partial charge in [0.2, 0.25) is 11.8 Å². The third-order valence-corrected chi connectivity index (χ3v) is 5.12. The molecule has 0 spiro atoms. The lowest BCUT2D eigenvalue weighted by molar-refractivity contribution is -0.137. The maximum atomic E-state index is 13.2. The summed E-state index contributed by atoms with van der Waals surface area (Å²) in [5, 5.41) is 2.95. The van der Waals surface area contributed by atoms with Gasteiger partial charge < -0.3 is 15.0 Å². The second kappa shape index (κ2) is 10.1. The standard InChI is InChI=1S/C24H30N2O3/c1-18(2)16-22(25-23(27)13-15-29-21-10-4-3-5-11-21)24(28)26-14-12-19-8-6-7-9-20(19)17-26/h3-11,18,22H,12-17H2,1-2H3,(H,25,27)/t22-/m1/s1. The molecule has 5 nitrogen and oxygen atoms in total.